The number of halogens is 2. The molecular formula is C12H11BrFNO2S. The van der Waals surface area contributed by atoms with Gasteiger partial charge in [0.25, 0.3) is 0 Å². The molecule has 6 heteroatoms. The lowest BCUT2D eigenvalue weighted by molar-refractivity contribution is 0.0580. The van der Waals surface area contributed by atoms with Crippen molar-refractivity contribution in [2.24, 2.45) is 0 Å². The second kappa shape index (κ2) is 4.75. The Labute approximate surface area is 116 Å². The summed E-state index contributed by atoms with van der Waals surface area (Å²) in [4.78, 5) is 4.15. The van der Waals surface area contributed by atoms with Crippen molar-refractivity contribution in [3.05, 3.63) is 21.9 Å². The molecule has 2 aromatic rings. The highest BCUT2D eigenvalue weighted by molar-refractivity contribution is 9.11. The summed E-state index contributed by atoms with van der Waals surface area (Å²) in [6, 6.07) is 3.02. The molecule has 3 nitrogen and oxygen atoms in total. The molecule has 0 spiro atoms. The summed E-state index contributed by atoms with van der Waals surface area (Å²) in [6.45, 7) is 0. The van der Waals surface area contributed by atoms with Gasteiger partial charge in [-0.15, -0.1) is 11.3 Å². The Hall–Kier alpha value is -0.720. The SMILES string of the molecule is OC1CCCC1Oc1cc2sc(Br)nc2cc1F. The van der Waals surface area contributed by atoms with Crippen molar-refractivity contribution in [2.45, 2.75) is 31.5 Å². The Balaban J connectivity index is 1.93. The maximum Gasteiger partial charge on any atom is 0.167 e. The molecular weight excluding hydrogens is 321 g/mol. The summed E-state index contributed by atoms with van der Waals surface area (Å²) >= 11 is 4.71. The van der Waals surface area contributed by atoms with E-state index in [1.165, 1.54) is 17.4 Å². The Morgan fingerprint density at radius 3 is 3.00 bits per heavy atom. The first-order chi connectivity index (χ1) is 8.63. The van der Waals surface area contributed by atoms with Gasteiger partial charge in [-0.2, -0.15) is 0 Å². The lowest BCUT2D eigenvalue weighted by Crippen LogP contribution is -2.25. The normalized spacial score (nSPS) is 23.7. The van der Waals surface area contributed by atoms with Gasteiger partial charge < -0.3 is 9.84 Å². The highest BCUT2D eigenvalue weighted by atomic mass is 79.9. The van der Waals surface area contributed by atoms with Gasteiger partial charge in [-0.1, -0.05) is 0 Å². The van der Waals surface area contributed by atoms with E-state index >= 15 is 0 Å². The zero-order valence-electron chi connectivity index (χ0n) is 9.40. The van der Waals surface area contributed by atoms with Crippen molar-refractivity contribution >= 4 is 37.5 Å². The molecule has 18 heavy (non-hydrogen) atoms. The fourth-order valence-electron chi connectivity index (χ4n) is 2.20. The Bertz CT molecular complexity index is 589. The quantitative estimate of drug-likeness (QED) is 0.915. The van der Waals surface area contributed by atoms with E-state index in [4.69, 9.17) is 4.74 Å². The average molecular weight is 332 g/mol. The molecule has 2 unspecified atom stereocenters. The first-order valence-electron chi connectivity index (χ1n) is 5.74. The van der Waals surface area contributed by atoms with Gasteiger partial charge in [0, 0.05) is 12.1 Å². The van der Waals surface area contributed by atoms with Crippen LogP contribution in [0, 0.1) is 5.82 Å². The minimum atomic E-state index is -0.492. The predicted molar refractivity (Wildman–Crippen MR) is 71.6 cm³/mol. The molecule has 1 N–H and O–H groups in total. The van der Waals surface area contributed by atoms with Crippen LogP contribution in [0.15, 0.2) is 16.0 Å². The number of aromatic nitrogens is 1. The number of hydrogen-bond donors (Lipinski definition) is 1. The van der Waals surface area contributed by atoms with Crippen LogP contribution in [0.2, 0.25) is 0 Å². The van der Waals surface area contributed by atoms with Gasteiger partial charge in [0.05, 0.1) is 16.3 Å². The number of benzene rings is 1. The maximum atomic E-state index is 13.9. The third kappa shape index (κ3) is 2.24. The van der Waals surface area contributed by atoms with E-state index in [-0.39, 0.29) is 11.9 Å². The number of nitrogens with zero attached hydrogens (tertiary/aromatic N) is 1. The van der Waals surface area contributed by atoms with Gasteiger partial charge >= 0.3 is 0 Å². The second-order valence-corrected chi connectivity index (χ2v) is 6.68. The topological polar surface area (TPSA) is 42.4 Å². The van der Waals surface area contributed by atoms with Gasteiger partial charge in [0.2, 0.25) is 0 Å². The maximum absolute atomic E-state index is 13.9. The largest absolute Gasteiger partial charge is 0.485 e. The molecule has 96 valence electrons. The Morgan fingerprint density at radius 2 is 2.28 bits per heavy atom. The van der Waals surface area contributed by atoms with E-state index < -0.39 is 11.9 Å². The molecule has 2 atom stereocenters. The number of rotatable bonds is 2. The monoisotopic (exact) mass is 331 g/mol. The van der Waals surface area contributed by atoms with Crippen LogP contribution in [-0.2, 0) is 0 Å². The summed E-state index contributed by atoms with van der Waals surface area (Å²) < 4.78 is 21.0. The van der Waals surface area contributed by atoms with Crippen molar-refractivity contribution in [3.63, 3.8) is 0 Å². The van der Waals surface area contributed by atoms with E-state index in [0.29, 0.717) is 5.52 Å². The minimum absolute atomic E-state index is 0.199. The lowest BCUT2D eigenvalue weighted by Gasteiger charge is -2.17. The lowest BCUT2D eigenvalue weighted by atomic mass is 10.2. The molecule has 1 heterocycles. The smallest absolute Gasteiger partial charge is 0.167 e. The van der Waals surface area contributed by atoms with E-state index in [2.05, 4.69) is 20.9 Å². The molecule has 1 aliphatic carbocycles. The van der Waals surface area contributed by atoms with Crippen LogP contribution in [0.4, 0.5) is 4.39 Å². The van der Waals surface area contributed by atoms with Gasteiger partial charge in [0.1, 0.15) is 6.10 Å². The number of aliphatic hydroxyl groups is 1. The molecule has 0 amide bonds. The summed E-state index contributed by atoms with van der Waals surface area (Å²) in [5, 5.41) is 9.69. The van der Waals surface area contributed by atoms with Gasteiger partial charge in [-0.05, 0) is 35.2 Å². The molecule has 0 radical (unpaired) electrons. The van der Waals surface area contributed by atoms with Crippen LogP contribution in [0.3, 0.4) is 0 Å². The summed E-state index contributed by atoms with van der Waals surface area (Å²) in [5.74, 6) is -0.232. The highest BCUT2D eigenvalue weighted by Gasteiger charge is 2.28. The van der Waals surface area contributed by atoms with Crippen LogP contribution < -0.4 is 4.74 Å². The number of ether oxygens (including phenoxy) is 1. The third-order valence-electron chi connectivity index (χ3n) is 3.11. The van der Waals surface area contributed by atoms with Crippen LogP contribution in [0.5, 0.6) is 5.75 Å². The highest BCUT2D eigenvalue weighted by Crippen LogP contribution is 2.33. The molecule has 3 rings (SSSR count). The molecule has 0 aliphatic heterocycles. The predicted octanol–water partition coefficient (Wildman–Crippen LogP) is 3.49. The fourth-order valence-corrected chi connectivity index (χ4v) is 3.61. The van der Waals surface area contributed by atoms with Gasteiger partial charge in [-0.3, -0.25) is 0 Å². The van der Waals surface area contributed by atoms with Crippen molar-refractivity contribution in [1.29, 1.82) is 0 Å². The second-order valence-electron chi connectivity index (χ2n) is 4.37. The molecule has 1 aliphatic rings. The Kier molecular flexibility index (Phi) is 3.25. The summed E-state index contributed by atoms with van der Waals surface area (Å²) in [5.41, 5.74) is 0.615. The average Bonchev–Trinajstić information content (AvgIpc) is 2.85. The molecule has 0 saturated heterocycles. The minimum Gasteiger partial charge on any atom is -0.485 e. The van der Waals surface area contributed by atoms with E-state index in [1.807, 2.05) is 0 Å². The van der Waals surface area contributed by atoms with Crippen molar-refractivity contribution in [1.82, 2.24) is 4.98 Å². The number of hydrogen-bond acceptors (Lipinski definition) is 4. The Morgan fingerprint density at radius 1 is 1.44 bits per heavy atom. The van der Waals surface area contributed by atoms with Crippen LogP contribution in [0.25, 0.3) is 10.2 Å². The molecule has 1 aromatic carbocycles. The van der Waals surface area contributed by atoms with Crippen LogP contribution >= 0.6 is 27.3 Å². The van der Waals surface area contributed by atoms with Crippen LogP contribution in [0.1, 0.15) is 19.3 Å². The van der Waals surface area contributed by atoms with Crippen molar-refractivity contribution in [2.75, 3.05) is 0 Å². The van der Waals surface area contributed by atoms with Crippen LogP contribution in [-0.4, -0.2) is 22.3 Å². The summed E-state index contributed by atoms with van der Waals surface area (Å²) in [6.07, 6.45) is 1.62. The van der Waals surface area contributed by atoms with Gasteiger partial charge in [-0.25, -0.2) is 9.37 Å². The van der Waals surface area contributed by atoms with E-state index in [0.717, 1.165) is 27.9 Å². The molecule has 1 aromatic heterocycles. The molecule has 1 fully saturated rings. The third-order valence-corrected chi connectivity index (χ3v) is 4.58. The number of thiazole rings is 1. The zero-order valence-corrected chi connectivity index (χ0v) is 11.8. The van der Waals surface area contributed by atoms with Crippen molar-refractivity contribution in [3.8, 4) is 5.75 Å². The number of fused-ring (bicyclic) bond motifs is 1. The fraction of sp³-hybridized carbons (Fsp3) is 0.417. The van der Waals surface area contributed by atoms with E-state index in [9.17, 15) is 9.50 Å². The number of aliphatic hydroxyl groups excluding tert-OH is 1. The summed E-state index contributed by atoms with van der Waals surface area (Å²) in [7, 11) is 0. The molecule has 1 saturated carbocycles. The first kappa shape index (κ1) is 12.3. The standard InChI is InChI=1S/C12H11BrFNO2S/c13-12-15-7-4-6(14)10(5-11(7)18-12)17-9-3-1-2-8(9)16/h4-5,8-9,16H,1-3H2. The van der Waals surface area contributed by atoms with Gasteiger partial charge in [0.15, 0.2) is 15.5 Å². The van der Waals surface area contributed by atoms with Crippen molar-refractivity contribution < 1.29 is 14.2 Å². The zero-order chi connectivity index (χ0) is 12.7. The first-order valence-corrected chi connectivity index (χ1v) is 7.35. The van der Waals surface area contributed by atoms with E-state index in [1.54, 1.807) is 6.07 Å². The molecule has 0 bridgehead atoms.